The van der Waals surface area contributed by atoms with Crippen LogP contribution in [0.25, 0.3) is 16.6 Å². The Labute approximate surface area is 240 Å². The van der Waals surface area contributed by atoms with Crippen LogP contribution >= 0.6 is 11.6 Å². The smallest absolute Gasteiger partial charge is 0.341 e. The molecular formula is C29H27ClN6O5. The van der Waals surface area contributed by atoms with E-state index in [2.05, 4.69) is 26.3 Å². The molecular weight excluding hydrogens is 548 g/mol. The van der Waals surface area contributed by atoms with E-state index in [-0.39, 0.29) is 17.0 Å². The van der Waals surface area contributed by atoms with Crippen molar-refractivity contribution in [3.63, 3.8) is 0 Å². The molecule has 1 saturated heterocycles. The van der Waals surface area contributed by atoms with Crippen molar-refractivity contribution in [2.24, 2.45) is 0 Å². The Hall–Kier alpha value is -4.66. The summed E-state index contributed by atoms with van der Waals surface area (Å²) < 4.78 is 12.6. The Kier molecular flexibility index (Phi) is 8.33. The zero-order valence-electron chi connectivity index (χ0n) is 22.2. The number of hydrogen-bond acceptors (Lipinski definition) is 9. The molecule has 1 fully saturated rings. The second kappa shape index (κ2) is 12.2. The SMILES string of the molecule is COCCNc1ccc(-n2cc(C(=O)O)c(=O)c3cc(C#N)c(N4CCC[C@@H]4COc4ncccc4Cl)cc32)cn1. The number of halogens is 1. The minimum atomic E-state index is -1.36. The third-order valence-corrected chi connectivity index (χ3v) is 7.22. The summed E-state index contributed by atoms with van der Waals surface area (Å²) in [7, 11) is 1.61. The first-order valence-corrected chi connectivity index (χ1v) is 13.3. The van der Waals surface area contributed by atoms with Crippen molar-refractivity contribution in [1.29, 1.82) is 5.26 Å². The van der Waals surface area contributed by atoms with Crippen molar-refractivity contribution in [2.75, 3.05) is 43.6 Å². The van der Waals surface area contributed by atoms with Gasteiger partial charge in [-0.3, -0.25) is 4.79 Å². The van der Waals surface area contributed by atoms with Crippen LogP contribution in [0.4, 0.5) is 11.5 Å². The molecule has 0 unspecified atom stereocenters. The number of fused-ring (bicyclic) bond motifs is 1. The fourth-order valence-corrected chi connectivity index (χ4v) is 5.12. The monoisotopic (exact) mass is 574 g/mol. The molecule has 1 aromatic carbocycles. The first-order chi connectivity index (χ1) is 19.9. The van der Waals surface area contributed by atoms with Gasteiger partial charge in [0.15, 0.2) is 0 Å². The lowest BCUT2D eigenvalue weighted by molar-refractivity contribution is 0.0695. The number of carboxylic acids is 1. The molecule has 1 aliphatic rings. The van der Waals surface area contributed by atoms with Gasteiger partial charge in [-0.2, -0.15) is 5.26 Å². The van der Waals surface area contributed by atoms with Gasteiger partial charge in [0.05, 0.1) is 41.3 Å². The Bertz CT molecular complexity index is 1680. The lowest BCUT2D eigenvalue weighted by atomic mass is 10.0. The second-order valence-corrected chi connectivity index (χ2v) is 9.86. The average molecular weight is 575 g/mol. The van der Waals surface area contributed by atoms with Gasteiger partial charge in [0.1, 0.15) is 29.1 Å². The second-order valence-electron chi connectivity index (χ2n) is 9.46. The highest BCUT2D eigenvalue weighted by molar-refractivity contribution is 6.31. The number of hydrogen-bond donors (Lipinski definition) is 2. The molecule has 0 amide bonds. The molecule has 4 aromatic rings. The number of ether oxygens (including phenoxy) is 2. The molecule has 2 N–H and O–H groups in total. The van der Waals surface area contributed by atoms with Gasteiger partial charge in [0.2, 0.25) is 11.3 Å². The standard InChI is InChI=1S/C29H27ClN6O5/c1-40-11-9-32-26-7-6-19(15-34-26)36-16-22(29(38)39)27(37)21-12-18(14-31)24(13-25(21)36)35-10-3-4-20(35)17-41-28-23(30)5-2-8-33-28/h2,5-8,12-13,15-16,20H,3-4,9-11,17H2,1H3,(H,32,34)(H,38,39)/t20-/m1/s1. The number of pyridine rings is 3. The van der Waals surface area contributed by atoms with E-state index in [9.17, 15) is 20.0 Å². The number of carbonyl (C=O) groups is 1. The van der Waals surface area contributed by atoms with Crippen LogP contribution in [-0.2, 0) is 4.74 Å². The highest BCUT2D eigenvalue weighted by atomic mass is 35.5. The number of aromatic nitrogens is 3. The number of nitriles is 1. The quantitative estimate of drug-likeness (QED) is 0.266. The summed E-state index contributed by atoms with van der Waals surface area (Å²) in [6.45, 7) is 2.05. The zero-order valence-corrected chi connectivity index (χ0v) is 23.0. The van der Waals surface area contributed by atoms with Crippen LogP contribution in [0.1, 0.15) is 28.8 Å². The summed E-state index contributed by atoms with van der Waals surface area (Å²) >= 11 is 6.21. The summed E-state index contributed by atoms with van der Waals surface area (Å²) in [5.41, 5.74) is 0.828. The molecule has 5 rings (SSSR count). The van der Waals surface area contributed by atoms with Crippen LogP contribution < -0.4 is 20.4 Å². The Morgan fingerprint density at radius 1 is 1.29 bits per heavy atom. The summed E-state index contributed by atoms with van der Waals surface area (Å²) in [5.74, 6) is -0.401. The van der Waals surface area contributed by atoms with Gasteiger partial charge >= 0.3 is 5.97 Å². The number of benzene rings is 1. The summed E-state index contributed by atoms with van der Waals surface area (Å²) in [5, 5.41) is 23.5. The maximum Gasteiger partial charge on any atom is 0.341 e. The molecule has 12 heteroatoms. The highest BCUT2D eigenvalue weighted by Gasteiger charge is 2.29. The number of carboxylic acid groups (broad SMARTS) is 1. The van der Waals surface area contributed by atoms with E-state index in [4.69, 9.17) is 21.1 Å². The zero-order chi connectivity index (χ0) is 28.9. The molecule has 0 aliphatic carbocycles. The molecule has 0 bridgehead atoms. The van der Waals surface area contributed by atoms with Crippen LogP contribution in [0.3, 0.4) is 0 Å². The number of anilines is 2. The van der Waals surface area contributed by atoms with E-state index in [0.29, 0.717) is 59.9 Å². The van der Waals surface area contributed by atoms with Crippen LogP contribution in [-0.4, -0.2) is 65.1 Å². The first-order valence-electron chi connectivity index (χ1n) is 13.0. The molecule has 210 valence electrons. The number of aromatic carboxylic acids is 1. The highest BCUT2D eigenvalue weighted by Crippen LogP contribution is 2.33. The molecule has 0 radical (unpaired) electrons. The van der Waals surface area contributed by atoms with Crippen LogP contribution in [0.5, 0.6) is 5.88 Å². The van der Waals surface area contributed by atoms with E-state index in [1.54, 1.807) is 54.4 Å². The normalized spacial score (nSPS) is 14.7. The van der Waals surface area contributed by atoms with Gasteiger partial charge in [-0.15, -0.1) is 0 Å². The average Bonchev–Trinajstić information content (AvgIpc) is 3.45. The largest absolute Gasteiger partial charge is 0.477 e. The summed E-state index contributed by atoms with van der Waals surface area (Å²) in [6.07, 6.45) is 6.18. The van der Waals surface area contributed by atoms with Gasteiger partial charge < -0.3 is 29.4 Å². The lowest BCUT2D eigenvalue weighted by Crippen LogP contribution is -2.35. The Morgan fingerprint density at radius 2 is 2.15 bits per heavy atom. The van der Waals surface area contributed by atoms with Gasteiger partial charge in [0.25, 0.3) is 0 Å². The fraction of sp³-hybridized carbons (Fsp3) is 0.276. The molecule has 11 nitrogen and oxygen atoms in total. The maximum atomic E-state index is 13.2. The minimum absolute atomic E-state index is 0.0739. The first kappa shape index (κ1) is 27.9. The van der Waals surface area contributed by atoms with Crippen molar-refractivity contribution in [3.8, 4) is 17.6 Å². The predicted molar refractivity (Wildman–Crippen MR) is 154 cm³/mol. The summed E-state index contributed by atoms with van der Waals surface area (Å²) in [6, 6.07) is 12.3. The summed E-state index contributed by atoms with van der Waals surface area (Å²) in [4.78, 5) is 35.9. The third-order valence-electron chi connectivity index (χ3n) is 6.93. The molecule has 41 heavy (non-hydrogen) atoms. The fourth-order valence-electron chi connectivity index (χ4n) is 4.95. The number of methoxy groups -OCH3 is 1. The molecule has 0 saturated carbocycles. The maximum absolute atomic E-state index is 13.2. The molecule has 0 spiro atoms. The van der Waals surface area contributed by atoms with Gasteiger partial charge in [0, 0.05) is 38.0 Å². The van der Waals surface area contributed by atoms with Crippen molar-refractivity contribution in [2.45, 2.75) is 18.9 Å². The van der Waals surface area contributed by atoms with E-state index >= 15 is 0 Å². The number of rotatable bonds is 10. The Morgan fingerprint density at radius 3 is 2.85 bits per heavy atom. The van der Waals surface area contributed by atoms with E-state index in [1.165, 1.54) is 12.3 Å². The molecule has 4 heterocycles. The Balaban J connectivity index is 1.57. The molecule has 1 aliphatic heterocycles. The van der Waals surface area contributed by atoms with Gasteiger partial charge in [-0.25, -0.2) is 14.8 Å². The van der Waals surface area contributed by atoms with Gasteiger partial charge in [-0.1, -0.05) is 11.6 Å². The van der Waals surface area contributed by atoms with Crippen molar-refractivity contribution in [1.82, 2.24) is 14.5 Å². The van der Waals surface area contributed by atoms with Gasteiger partial charge in [-0.05, 0) is 49.2 Å². The number of nitrogens with one attached hydrogen (secondary N) is 1. The van der Waals surface area contributed by atoms with Crippen LogP contribution in [0.2, 0.25) is 5.02 Å². The van der Waals surface area contributed by atoms with Crippen LogP contribution in [0.15, 0.2) is 59.8 Å². The lowest BCUT2D eigenvalue weighted by Gasteiger charge is -2.28. The van der Waals surface area contributed by atoms with E-state index < -0.39 is 17.0 Å². The van der Waals surface area contributed by atoms with Crippen LogP contribution in [0, 0.1) is 11.3 Å². The number of nitrogens with zero attached hydrogens (tertiary/aromatic N) is 5. The predicted octanol–water partition coefficient (Wildman–Crippen LogP) is 4.11. The van der Waals surface area contributed by atoms with Crippen molar-refractivity contribution in [3.05, 3.63) is 81.4 Å². The topological polar surface area (TPSA) is 143 Å². The van der Waals surface area contributed by atoms with Crippen molar-refractivity contribution >= 4 is 40.0 Å². The molecule has 3 aromatic heterocycles. The van der Waals surface area contributed by atoms with E-state index in [0.717, 1.165) is 12.8 Å². The third kappa shape index (κ3) is 5.79. The minimum Gasteiger partial charge on any atom is -0.477 e. The van der Waals surface area contributed by atoms with E-state index in [1.807, 2.05) is 0 Å². The molecule has 1 atom stereocenters. The van der Waals surface area contributed by atoms with Crippen molar-refractivity contribution < 1.29 is 19.4 Å².